The lowest BCUT2D eigenvalue weighted by Gasteiger charge is -2.14. The minimum Gasteiger partial charge on any atom is -0.489 e. The van der Waals surface area contributed by atoms with Crippen molar-refractivity contribution in [3.63, 3.8) is 0 Å². The minimum absolute atomic E-state index is 0.422. The number of rotatable bonds is 6. The Kier molecular flexibility index (Phi) is 4.85. The predicted octanol–water partition coefficient (Wildman–Crippen LogP) is 5.01. The fraction of sp³-hybridized carbons (Fsp3) is 0.125. The molecular formula is C24H21NO3. The summed E-state index contributed by atoms with van der Waals surface area (Å²) in [5.41, 5.74) is 9.83. The summed E-state index contributed by atoms with van der Waals surface area (Å²) in [6.07, 6.45) is 0.613. The summed E-state index contributed by atoms with van der Waals surface area (Å²) in [7, 11) is 0. The molecule has 4 heteroatoms. The number of carbonyl (C=O) groups is 1. The van der Waals surface area contributed by atoms with Gasteiger partial charge < -0.3 is 14.9 Å². The van der Waals surface area contributed by atoms with E-state index >= 15 is 0 Å². The van der Waals surface area contributed by atoms with Gasteiger partial charge in [-0.15, -0.1) is 0 Å². The average molecular weight is 371 g/mol. The van der Waals surface area contributed by atoms with E-state index < -0.39 is 5.91 Å². The molecule has 140 valence electrons. The fourth-order valence-corrected chi connectivity index (χ4v) is 3.50. The van der Waals surface area contributed by atoms with E-state index in [1.807, 2.05) is 60.7 Å². The average Bonchev–Trinajstić information content (AvgIpc) is 3.05. The van der Waals surface area contributed by atoms with Gasteiger partial charge in [0.05, 0.1) is 5.56 Å². The largest absolute Gasteiger partial charge is 0.489 e. The van der Waals surface area contributed by atoms with Crippen LogP contribution in [-0.2, 0) is 13.0 Å². The topological polar surface area (TPSA) is 65.5 Å². The molecule has 1 heterocycles. The molecule has 0 saturated carbocycles. The fourth-order valence-electron chi connectivity index (χ4n) is 3.50. The molecule has 0 atom stereocenters. The molecule has 4 aromatic rings. The van der Waals surface area contributed by atoms with E-state index in [2.05, 4.69) is 12.1 Å². The van der Waals surface area contributed by atoms with Gasteiger partial charge in [0.25, 0.3) is 5.91 Å². The van der Waals surface area contributed by atoms with E-state index in [9.17, 15) is 4.79 Å². The Balaban J connectivity index is 1.82. The maximum Gasteiger partial charge on any atom is 0.252 e. The van der Waals surface area contributed by atoms with Gasteiger partial charge in [-0.05, 0) is 30.2 Å². The smallest absolute Gasteiger partial charge is 0.252 e. The Morgan fingerprint density at radius 2 is 1.57 bits per heavy atom. The van der Waals surface area contributed by atoms with E-state index in [1.165, 1.54) is 0 Å². The van der Waals surface area contributed by atoms with Gasteiger partial charge in [-0.25, -0.2) is 0 Å². The molecule has 2 N–H and O–H groups in total. The molecule has 0 aliphatic carbocycles. The maximum atomic E-state index is 12.1. The second kappa shape index (κ2) is 7.61. The lowest BCUT2D eigenvalue weighted by Crippen LogP contribution is -2.12. The number of benzene rings is 3. The molecular weight excluding hydrogens is 350 g/mol. The number of carbonyl (C=O) groups excluding carboxylic acids is 1. The first-order valence-corrected chi connectivity index (χ1v) is 9.19. The lowest BCUT2D eigenvalue weighted by molar-refractivity contribution is 0.1000. The summed E-state index contributed by atoms with van der Waals surface area (Å²) in [6, 6.07) is 23.8. The van der Waals surface area contributed by atoms with Gasteiger partial charge >= 0.3 is 0 Å². The second-order valence-corrected chi connectivity index (χ2v) is 6.75. The van der Waals surface area contributed by atoms with E-state index in [4.69, 9.17) is 14.9 Å². The highest BCUT2D eigenvalue weighted by atomic mass is 16.5. The highest BCUT2D eigenvalue weighted by Gasteiger charge is 2.22. The molecule has 0 unspecified atom stereocenters. The highest BCUT2D eigenvalue weighted by molar-refractivity contribution is 6.08. The zero-order chi connectivity index (χ0) is 19.5. The van der Waals surface area contributed by atoms with Crippen molar-refractivity contribution < 1.29 is 13.9 Å². The first-order chi connectivity index (χ1) is 13.6. The van der Waals surface area contributed by atoms with Crippen LogP contribution in [-0.4, -0.2) is 5.91 Å². The number of hydrogen-bond acceptors (Lipinski definition) is 3. The molecule has 0 fully saturated rings. The Labute approximate surface area is 163 Å². The van der Waals surface area contributed by atoms with Gasteiger partial charge in [0.2, 0.25) is 0 Å². The third-order valence-corrected chi connectivity index (χ3v) is 4.80. The molecule has 3 aromatic carbocycles. The summed E-state index contributed by atoms with van der Waals surface area (Å²) >= 11 is 0. The third-order valence-electron chi connectivity index (χ3n) is 4.80. The van der Waals surface area contributed by atoms with Crippen LogP contribution in [0.25, 0.3) is 11.0 Å². The first kappa shape index (κ1) is 17.9. The quantitative estimate of drug-likeness (QED) is 0.518. The number of ether oxygens (including phenoxy) is 1. The predicted molar refractivity (Wildman–Crippen MR) is 109 cm³/mol. The Morgan fingerprint density at radius 3 is 2.21 bits per heavy atom. The SMILES string of the molecule is Cc1oc2ccc(OCc3ccccc3)c(Cc3ccccc3)c2c1C(N)=O. The molecule has 0 aliphatic heterocycles. The molecule has 1 aromatic heterocycles. The van der Waals surface area contributed by atoms with Gasteiger partial charge in [0, 0.05) is 17.4 Å². The standard InChI is InChI=1S/C24H21NO3/c1-16-22(24(25)26)23-19(14-17-8-4-2-5-9-17)20(12-13-21(23)28-16)27-15-18-10-6-3-7-11-18/h2-13H,14-15H2,1H3,(H2,25,26). The molecule has 4 nitrogen and oxygen atoms in total. The zero-order valence-corrected chi connectivity index (χ0v) is 15.6. The van der Waals surface area contributed by atoms with Crippen molar-refractivity contribution in [1.82, 2.24) is 0 Å². The maximum absolute atomic E-state index is 12.1. The van der Waals surface area contributed by atoms with Crippen LogP contribution >= 0.6 is 0 Å². The number of aryl methyl sites for hydroxylation is 1. The molecule has 0 aliphatic rings. The van der Waals surface area contributed by atoms with Crippen molar-refractivity contribution in [2.75, 3.05) is 0 Å². The van der Waals surface area contributed by atoms with Gasteiger partial charge in [0.15, 0.2) is 0 Å². The van der Waals surface area contributed by atoms with Crippen LogP contribution in [0.5, 0.6) is 5.75 Å². The van der Waals surface area contributed by atoms with Crippen LogP contribution in [0.15, 0.2) is 77.2 Å². The number of fused-ring (bicyclic) bond motifs is 1. The lowest BCUT2D eigenvalue weighted by atomic mass is 9.97. The van der Waals surface area contributed by atoms with Crippen LogP contribution in [0.3, 0.4) is 0 Å². The van der Waals surface area contributed by atoms with Crippen molar-refractivity contribution in [3.05, 3.63) is 101 Å². The van der Waals surface area contributed by atoms with Crippen LogP contribution in [0.2, 0.25) is 0 Å². The molecule has 0 saturated heterocycles. The molecule has 28 heavy (non-hydrogen) atoms. The summed E-state index contributed by atoms with van der Waals surface area (Å²) < 4.78 is 12.0. The Morgan fingerprint density at radius 1 is 0.929 bits per heavy atom. The normalized spacial score (nSPS) is 10.9. The van der Waals surface area contributed by atoms with Crippen molar-refractivity contribution >= 4 is 16.9 Å². The summed E-state index contributed by atoms with van der Waals surface area (Å²) in [4.78, 5) is 12.1. The summed E-state index contributed by atoms with van der Waals surface area (Å²) in [6.45, 7) is 2.20. The van der Waals surface area contributed by atoms with Crippen molar-refractivity contribution in [2.24, 2.45) is 5.73 Å². The number of hydrogen-bond donors (Lipinski definition) is 1. The zero-order valence-electron chi connectivity index (χ0n) is 15.6. The van der Waals surface area contributed by atoms with Gasteiger partial charge in [-0.2, -0.15) is 0 Å². The van der Waals surface area contributed by atoms with Crippen molar-refractivity contribution in [1.29, 1.82) is 0 Å². The summed E-state index contributed by atoms with van der Waals surface area (Å²) in [5, 5.41) is 0.736. The van der Waals surface area contributed by atoms with E-state index in [0.29, 0.717) is 29.9 Å². The van der Waals surface area contributed by atoms with E-state index in [-0.39, 0.29) is 0 Å². The molecule has 0 spiro atoms. The third kappa shape index (κ3) is 3.49. The molecule has 0 radical (unpaired) electrons. The van der Waals surface area contributed by atoms with Crippen LogP contribution < -0.4 is 10.5 Å². The molecule has 4 rings (SSSR count). The number of nitrogens with two attached hydrogens (primary N) is 1. The van der Waals surface area contributed by atoms with Crippen molar-refractivity contribution in [3.8, 4) is 5.75 Å². The molecule has 1 amide bonds. The minimum atomic E-state index is -0.495. The van der Waals surface area contributed by atoms with Gasteiger partial charge in [0.1, 0.15) is 23.7 Å². The second-order valence-electron chi connectivity index (χ2n) is 6.75. The van der Waals surface area contributed by atoms with Crippen LogP contribution in [0, 0.1) is 6.92 Å². The van der Waals surface area contributed by atoms with Crippen LogP contribution in [0.4, 0.5) is 0 Å². The van der Waals surface area contributed by atoms with Crippen LogP contribution in [0.1, 0.15) is 32.8 Å². The first-order valence-electron chi connectivity index (χ1n) is 9.19. The summed E-state index contributed by atoms with van der Waals surface area (Å²) in [5.74, 6) is 0.756. The van der Waals surface area contributed by atoms with Gasteiger partial charge in [-0.3, -0.25) is 4.79 Å². The highest BCUT2D eigenvalue weighted by Crippen LogP contribution is 2.36. The number of amides is 1. The number of furan rings is 1. The van der Waals surface area contributed by atoms with Crippen molar-refractivity contribution in [2.45, 2.75) is 20.0 Å². The monoisotopic (exact) mass is 371 g/mol. The number of primary amides is 1. The van der Waals surface area contributed by atoms with E-state index in [0.717, 1.165) is 27.8 Å². The Hall–Kier alpha value is -3.53. The van der Waals surface area contributed by atoms with Gasteiger partial charge in [-0.1, -0.05) is 60.7 Å². The Bertz CT molecular complexity index is 1120. The molecule has 0 bridgehead atoms. The van der Waals surface area contributed by atoms with E-state index in [1.54, 1.807) is 6.92 Å².